The molecule has 3 heterocycles. The Morgan fingerprint density at radius 1 is 0.683 bits per heavy atom. The molecule has 4 N–H and O–H groups in total. The number of nitrogens with one attached hydrogen (secondary N) is 4. The van der Waals surface area contributed by atoms with E-state index in [0.29, 0.717) is 50.0 Å². The zero-order valence-electron chi connectivity index (χ0n) is 27.4. The number of rotatable bonds is 14. The third-order valence-electron chi connectivity index (χ3n) is 8.29. The van der Waals surface area contributed by atoms with Gasteiger partial charge < -0.3 is 30.7 Å². The van der Waals surface area contributed by atoms with Gasteiger partial charge in [0.25, 0.3) is 0 Å². The van der Waals surface area contributed by atoms with Crippen molar-refractivity contribution in [2.45, 2.75) is 142 Å². The van der Waals surface area contributed by atoms with E-state index in [1.807, 2.05) is 0 Å². The molecule has 2 saturated heterocycles. The van der Waals surface area contributed by atoms with Crippen molar-refractivity contribution in [1.29, 1.82) is 0 Å². The Kier molecular flexibility index (Phi) is 11.7. The van der Waals surface area contributed by atoms with Gasteiger partial charge in [0.2, 0.25) is 17.2 Å². The second-order valence-electron chi connectivity index (χ2n) is 14.8. The van der Waals surface area contributed by atoms with Crippen LogP contribution in [0.25, 0.3) is 0 Å². The molecule has 2 aliphatic rings. The average molecular weight is 596 g/mol. The molecule has 2 aliphatic heterocycles. The lowest BCUT2D eigenvalue weighted by molar-refractivity contribution is -0.0247. The highest BCUT2D eigenvalue weighted by atomic mass is 35.5. The minimum absolute atomic E-state index is 0.0823. The summed E-state index contributed by atoms with van der Waals surface area (Å²) in [5.41, 5.74) is 0.329. The van der Waals surface area contributed by atoms with E-state index in [4.69, 9.17) is 21.1 Å². The number of piperidine rings is 2. The molecular formula is C31H58ClN7O2. The second kappa shape index (κ2) is 14.0. The summed E-state index contributed by atoms with van der Waals surface area (Å²) in [4.78, 5) is 13.3. The first-order valence-corrected chi connectivity index (χ1v) is 16.1. The molecule has 236 valence electrons. The zero-order valence-corrected chi connectivity index (χ0v) is 28.2. The topological polar surface area (TPSA) is 105 Å². The third-order valence-corrected chi connectivity index (χ3v) is 8.46. The summed E-state index contributed by atoms with van der Waals surface area (Å²) in [6.07, 6.45) is 6.42. The fourth-order valence-electron chi connectivity index (χ4n) is 7.83. The molecule has 2 unspecified atom stereocenters. The van der Waals surface area contributed by atoms with Crippen molar-refractivity contribution in [3.05, 3.63) is 5.28 Å². The van der Waals surface area contributed by atoms with Crippen LogP contribution in [0.4, 0.5) is 11.9 Å². The van der Waals surface area contributed by atoms with Gasteiger partial charge in [-0.3, -0.25) is 0 Å². The molecule has 2 fully saturated rings. The maximum absolute atomic E-state index is 6.30. The van der Waals surface area contributed by atoms with Gasteiger partial charge in [0.15, 0.2) is 0 Å². The average Bonchev–Trinajstić information content (AvgIpc) is 2.78. The summed E-state index contributed by atoms with van der Waals surface area (Å²) in [7, 11) is 0. The van der Waals surface area contributed by atoms with Crippen molar-refractivity contribution in [3.63, 3.8) is 0 Å². The van der Waals surface area contributed by atoms with Gasteiger partial charge >= 0.3 is 0 Å². The van der Waals surface area contributed by atoms with E-state index in [1.165, 1.54) is 0 Å². The standard InChI is InChI=1S/C31H58ClN7O2/c1-11-40-23(21-17-28(3,4)38-29(5,6)18-21)13-15-33-26-35-25(32)36-27(37-26)34-16-14-24(41-12-2)22-19-30(7,8)39-31(9,10)20-22/h21-24,38-39H,11-20H2,1-10H3,(H2,33,34,35,36,37). The van der Waals surface area contributed by atoms with Gasteiger partial charge in [0, 0.05) is 48.5 Å². The van der Waals surface area contributed by atoms with Gasteiger partial charge in [-0.1, -0.05) is 0 Å². The molecule has 0 radical (unpaired) electrons. The first-order valence-electron chi connectivity index (χ1n) is 15.7. The molecule has 0 aliphatic carbocycles. The van der Waals surface area contributed by atoms with Gasteiger partial charge in [-0.05, 0) is 131 Å². The highest BCUT2D eigenvalue weighted by molar-refractivity contribution is 6.28. The maximum Gasteiger partial charge on any atom is 0.228 e. The number of hydrogen-bond donors (Lipinski definition) is 4. The van der Waals surface area contributed by atoms with Crippen LogP contribution in [0.1, 0.15) is 108 Å². The number of ether oxygens (including phenoxy) is 2. The van der Waals surface area contributed by atoms with Crippen LogP contribution in [-0.2, 0) is 9.47 Å². The fraction of sp³-hybridized carbons (Fsp3) is 0.903. The second-order valence-corrected chi connectivity index (χ2v) is 15.1. The van der Waals surface area contributed by atoms with Crippen LogP contribution in [0.5, 0.6) is 0 Å². The molecule has 1 aromatic rings. The maximum atomic E-state index is 6.30. The number of halogens is 1. The molecule has 0 spiro atoms. The van der Waals surface area contributed by atoms with E-state index in [9.17, 15) is 0 Å². The van der Waals surface area contributed by atoms with Crippen molar-refractivity contribution < 1.29 is 9.47 Å². The van der Waals surface area contributed by atoms with Crippen molar-refractivity contribution in [2.24, 2.45) is 11.8 Å². The van der Waals surface area contributed by atoms with Crippen LogP contribution in [-0.4, -0.2) is 75.6 Å². The number of hydrogen-bond acceptors (Lipinski definition) is 9. The Hall–Kier alpha value is -1.26. The summed E-state index contributed by atoms with van der Waals surface area (Å²) in [5.74, 6) is 1.93. The van der Waals surface area contributed by atoms with Gasteiger partial charge in [0.05, 0.1) is 12.2 Å². The van der Waals surface area contributed by atoms with E-state index in [0.717, 1.165) is 38.5 Å². The summed E-state index contributed by atoms with van der Waals surface area (Å²) in [6.45, 7) is 25.2. The van der Waals surface area contributed by atoms with Gasteiger partial charge in [0.1, 0.15) is 0 Å². The number of anilines is 2. The monoisotopic (exact) mass is 595 g/mol. The Bertz CT molecular complexity index is 868. The van der Waals surface area contributed by atoms with Crippen LogP contribution in [0.15, 0.2) is 0 Å². The van der Waals surface area contributed by atoms with Crippen LogP contribution >= 0.6 is 11.6 Å². The Labute approximate surface area is 254 Å². The quantitative estimate of drug-likeness (QED) is 0.204. The Morgan fingerprint density at radius 2 is 1.02 bits per heavy atom. The number of aromatic nitrogens is 3. The van der Waals surface area contributed by atoms with E-state index in [1.54, 1.807) is 0 Å². The molecule has 1 aromatic heterocycles. The predicted octanol–water partition coefficient (Wildman–Crippen LogP) is 6.05. The molecular weight excluding hydrogens is 538 g/mol. The lowest BCUT2D eigenvalue weighted by atomic mass is 9.73. The van der Waals surface area contributed by atoms with Crippen LogP contribution < -0.4 is 21.3 Å². The summed E-state index contributed by atoms with van der Waals surface area (Å²) < 4.78 is 12.5. The van der Waals surface area contributed by atoms with Crippen molar-refractivity contribution in [1.82, 2.24) is 25.6 Å². The van der Waals surface area contributed by atoms with Gasteiger partial charge in [-0.2, -0.15) is 15.0 Å². The fourth-order valence-corrected chi connectivity index (χ4v) is 7.99. The van der Waals surface area contributed by atoms with Crippen molar-refractivity contribution in [2.75, 3.05) is 36.9 Å². The molecule has 0 saturated carbocycles. The minimum Gasteiger partial charge on any atom is -0.378 e. The zero-order chi connectivity index (χ0) is 30.5. The highest BCUT2D eigenvalue weighted by Gasteiger charge is 2.42. The van der Waals surface area contributed by atoms with Crippen molar-refractivity contribution in [3.8, 4) is 0 Å². The molecule has 3 rings (SSSR count). The minimum atomic E-state index is 0.0823. The van der Waals surface area contributed by atoms with Crippen LogP contribution in [0.3, 0.4) is 0 Å². The first-order chi connectivity index (χ1) is 19.0. The van der Waals surface area contributed by atoms with E-state index < -0.39 is 0 Å². The molecule has 2 atom stereocenters. The van der Waals surface area contributed by atoms with Gasteiger partial charge in [-0.15, -0.1) is 0 Å². The predicted molar refractivity (Wildman–Crippen MR) is 170 cm³/mol. The van der Waals surface area contributed by atoms with Crippen LogP contribution in [0, 0.1) is 11.8 Å². The van der Waals surface area contributed by atoms with Crippen molar-refractivity contribution >= 4 is 23.5 Å². The molecule has 0 bridgehead atoms. The van der Waals surface area contributed by atoms with E-state index in [2.05, 4.69) is 105 Å². The molecule has 41 heavy (non-hydrogen) atoms. The SMILES string of the molecule is CCOC(CCNc1nc(Cl)nc(NCCC(OCC)C2CC(C)(C)NC(C)(C)C2)n1)C1CC(C)(C)NC(C)(C)C1. The first kappa shape index (κ1) is 34.2. The molecule has 9 nitrogen and oxygen atoms in total. The van der Waals surface area contributed by atoms with E-state index in [-0.39, 0.29) is 39.6 Å². The van der Waals surface area contributed by atoms with Gasteiger partial charge in [-0.25, -0.2) is 0 Å². The van der Waals surface area contributed by atoms with E-state index >= 15 is 0 Å². The highest BCUT2D eigenvalue weighted by Crippen LogP contribution is 2.37. The summed E-state index contributed by atoms with van der Waals surface area (Å²) in [5, 5.41) is 14.5. The lowest BCUT2D eigenvalue weighted by Crippen LogP contribution is -2.59. The number of nitrogens with zero attached hydrogens (tertiary/aromatic N) is 3. The smallest absolute Gasteiger partial charge is 0.228 e. The molecule has 10 heteroatoms. The largest absolute Gasteiger partial charge is 0.378 e. The molecule has 0 aromatic carbocycles. The normalized spacial score (nSPS) is 23.6. The Balaban J connectivity index is 1.56. The van der Waals surface area contributed by atoms with Crippen LogP contribution in [0.2, 0.25) is 5.28 Å². The Morgan fingerprint density at radius 3 is 1.34 bits per heavy atom. The molecule has 0 amide bonds. The summed E-state index contributed by atoms with van der Waals surface area (Å²) in [6, 6.07) is 0. The summed E-state index contributed by atoms with van der Waals surface area (Å²) >= 11 is 6.30. The lowest BCUT2D eigenvalue weighted by Gasteiger charge is -2.48. The third kappa shape index (κ3) is 11.1.